The highest BCUT2D eigenvalue weighted by Gasteiger charge is 2.57. The molecular formula is C10H15NO2. The predicted molar refractivity (Wildman–Crippen MR) is 49.3 cm³/mol. The third kappa shape index (κ3) is 1.14. The van der Waals surface area contributed by atoms with E-state index in [2.05, 4.69) is 26.0 Å². The molecule has 0 N–H and O–H groups in total. The molecule has 13 heavy (non-hydrogen) atoms. The number of fused-ring (bicyclic) bond motifs is 1. The molecule has 2 rings (SSSR count). The van der Waals surface area contributed by atoms with Crippen LogP contribution in [0.3, 0.4) is 0 Å². The number of carbonyl (C=O) groups excluding carboxylic acids is 1. The lowest BCUT2D eigenvalue weighted by Gasteiger charge is -2.11. The molecule has 0 aromatic carbocycles. The highest BCUT2D eigenvalue weighted by Crippen LogP contribution is 2.43. The van der Waals surface area contributed by atoms with Crippen LogP contribution in [0.15, 0.2) is 12.2 Å². The van der Waals surface area contributed by atoms with Gasteiger partial charge < -0.3 is 4.74 Å². The fourth-order valence-electron chi connectivity index (χ4n) is 2.32. The molecule has 72 valence electrons. The summed E-state index contributed by atoms with van der Waals surface area (Å²) >= 11 is 0. The van der Waals surface area contributed by atoms with Crippen molar-refractivity contribution in [2.75, 3.05) is 7.11 Å². The first-order chi connectivity index (χ1) is 6.16. The van der Waals surface area contributed by atoms with Crippen molar-refractivity contribution < 1.29 is 9.53 Å². The van der Waals surface area contributed by atoms with Crippen molar-refractivity contribution >= 4 is 6.09 Å². The monoisotopic (exact) mass is 181 g/mol. The molecule has 0 radical (unpaired) electrons. The quantitative estimate of drug-likeness (QED) is 0.420. The molecule has 1 fully saturated rings. The van der Waals surface area contributed by atoms with Crippen molar-refractivity contribution in [1.82, 2.24) is 4.90 Å². The van der Waals surface area contributed by atoms with Crippen LogP contribution < -0.4 is 0 Å². The zero-order valence-corrected chi connectivity index (χ0v) is 8.23. The molecule has 1 amide bonds. The number of methoxy groups -OCH3 is 1. The summed E-state index contributed by atoms with van der Waals surface area (Å²) in [5.74, 6) is 0.945. The first kappa shape index (κ1) is 8.60. The molecule has 3 nitrogen and oxygen atoms in total. The van der Waals surface area contributed by atoms with Crippen LogP contribution in [-0.2, 0) is 4.74 Å². The lowest BCUT2D eigenvalue weighted by Crippen LogP contribution is -2.16. The van der Waals surface area contributed by atoms with E-state index in [1.165, 1.54) is 7.11 Å². The minimum atomic E-state index is -0.183. The Kier molecular flexibility index (Phi) is 1.82. The van der Waals surface area contributed by atoms with Crippen molar-refractivity contribution in [2.24, 2.45) is 11.8 Å². The van der Waals surface area contributed by atoms with Crippen molar-refractivity contribution in [3.8, 4) is 0 Å². The Balaban J connectivity index is 2.11. The number of rotatable bonds is 0. The van der Waals surface area contributed by atoms with Crippen LogP contribution in [0.2, 0.25) is 0 Å². The van der Waals surface area contributed by atoms with E-state index >= 15 is 0 Å². The van der Waals surface area contributed by atoms with Gasteiger partial charge in [0.15, 0.2) is 0 Å². The summed E-state index contributed by atoms with van der Waals surface area (Å²) in [7, 11) is 1.44. The zero-order valence-electron chi connectivity index (χ0n) is 8.23. The summed E-state index contributed by atoms with van der Waals surface area (Å²) in [6.45, 7) is 4.28. The summed E-state index contributed by atoms with van der Waals surface area (Å²) in [5.41, 5.74) is 0. The van der Waals surface area contributed by atoms with E-state index in [9.17, 15) is 4.79 Å². The van der Waals surface area contributed by atoms with Gasteiger partial charge in [-0.25, -0.2) is 4.79 Å². The maximum Gasteiger partial charge on any atom is 0.410 e. The van der Waals surface area contributed by atoms with Gasteiger partial charge in [0, 0.05) is 0 Å². The molecule has 2 aliphatic rings. The number of amides is 1. The Morgan fingerprint density at radius 2 is 1.69 bits per heavy atom. The molecule has 4 atom stereocenters. The maximum absolute atomic E-state index is 11.3. The number of carbonyl (C=O) groups is 1. The lowest BCUT2D eigenvalue weighted by molar-refractivity contribution is 0.148. The number of hydrogen-bond acceptors (Lipinski definition) is 2. The summed E-state index contributed by atoms with van der Waals surface area (Å²) in [6.07, 6.45) is 4.20. The van der Waals surface area contributed by atoms with E-state index < -0.39 is 0 Å². The molecule has 3 heteroatoms. The molecule has 4 unspecified atom stereocenters. The Bertz CT molecular complexity index is 244. The van der Waals surface area contributed by atoms with Gasteiger partial charge in [0.05, 0.1) is 19.2 Å². The first-order valence-corrected chi connectivity index (χ1v) is 4.71. The van der Waals surface area contributed by atoms with Crippen LogP contribution >= 0.6 is 0 Å². The fourth-order valence-corrected chi connectivity index (χ4v) is 2.32. The largest absolute Gasteiger partial charge is 0.453 e. The number of ether oxygens (including phenoxy) is 1. The van der Waals surface area contributed by atoms with E-state index in [-0.39, 0.29) is 6.09 Å². The number of nitrogens with zero attached hydrogens (tertiary/aromatic N) is 1. The minimum Gasteiger partial charge on any atom is -0.453 e. The zero-order chi connectivity index (χ0) is 9.59. The predicted octanol–water partition coefficient (Wildman–Crippen LogP) is 1.65. The molecule has 1 heterocycles. The standard InChI is InChI=1S/C10H15NO2/c1-6-4-5-7(2)9-8(6)11(9)10(12)13-3/h4-9H,1-3H3. The van der Waals surface area contributed by atoms with E-state index in [0.29, 0.717) is 23.9 Å². The third-order valence-electron chi connectivity index (χ3n) is 3.08. The molecule has 0 aromatic heterocycles. The van der Waals surface area contributed by atoms with Gasteiger partial charge in [-0.1, -0.05) is 26.0 Å². The molecule has 1 aliphatic carbocycles. The van der Waals surface area contributed by atoms with Crippen molar-refractivity contribution in [1.29, 1.82) is 0 Å². The Morgan fingerprint density at radius 1 is 1.23 bits per heavy atom. The van der Waals surface area contributed by atoms with Gasteiger partial charge in [0.2, 0.25) is 0 Å². The second-order valence-corrected chi connectivity index (χ2v) is 3.96. The molecule has 0 aromatic rings. The first-order valence-electron chi connectivity index (χ1n) is 4.71. The van der Waals surface area contributed by atoms with E-state index in [1.54, 1.807) is 0 Å². The van der Waals surface area contributed by atoms with Gasteiger partial charge in [0.1, 0.15) is 0 Å². The Labute approximate surface area is 78.4 Å². The SMILES string of the molecule is COC(=O)N1C2C(C)C=CC(C)C21. The van der Waals surface area contributed by atoms with Crippen LogP contribution in [0.5, 0.6) is 0 Å². The summed E-state index contributed by atoms with van der Waals surface area (Å²) in [5, 5.41) is 0. The molecular weight excluding hydrogens is 166 g/mol. The third-order valence-corrected chi connectivity index (χ3v) is 3.08. The van der Waals surface area contributed by atoms with E-state index in [4.69, 9.17) is 4.74 Å². The van der Waals surface area contributed by atoms with Crippen molar-refractivity contribution in [3.63, 3.8) is 0 Å². The van der Waals surface area contributed by atoms with Crippen molar-refractivity contribution in [2.45, 2.75) is 25.9 Å². The van der Waals surface area contributed by atoms with E-state index in [1.807, 2.05) is 4.90 Å². The average molecular weight is 181 g/mol. The topological polar surface area (TPSA) is 29.3 Å². The van der Waals surface area contributed by atoms with Crippen LogP contribution in [0.4, 0.5) is 4.79 Å². The van der Waals surface area contributed by atoms with Gasteiger partial charge in [-0.3, -0.25) is 4.90 Å². The smallest absolute Gasteiger partial charge is 0.410 e. The lowest BCUT2D eigenvalue weighted by atomic mass is 9.91. The van der Waals surface area contributed by atoms with Gasteiger partial charge in [-0.2, -0.15) is 0 Å². The Morgan fingerprint density at radius 3 is 2.08 bits per heavy atom. The van der Waals surface area contributed by atoms with Crippen molar-refractivity contribution in [3.05, 3.63) is 12.2 Å². The highest BCUT2D eigenvalue weighted by atomic mass is 16.5. The minimum absolute atomic E-state index is 0.183. The number of hydrogen-bond donors (Lipinski definition) is 0. The Hall–Kier alpha value is -0.990. The second kappa shape index (κ2) is 2.76. The molecule has 0 saturated carbocycles. The van der Waals surface area contributed by atoms with Crippen LogP contribution in [-0.4, -0.2) is 30.2 Å². The van der Waals surface area contributed by atoms with Gasteiger partial charge >= 0.3 is 6.09 Å². The van der Waals surface area contributed by atoms with E-state index in [0.717, 1.165) is 0 Å². The van der Waals surface area contributed by atoms with Crippen LogP contribution in [0.1, 0.15) is 13.8 Å². The summed E-state index contributed by atoms with van der Waals surface area (Å²) in [4.78, 5) is 13.2. The maximum atomic E-state index is 11.3. The molecule has 0 bridgehead atoms. The average Bonchev–Trinajstić information content (AvgIpc) is 2.86. The van der Waals surface area contributed by atoms with Gasteiger partial charge in [0.25, 0.3) is 0 Å². The summed E-state index contributed by atoms with van der Waals surface area (Å²) < 4.78 is 4.72. The summed E-state index contributed by atoms with van der Waals surface area (Å²) in [6, 6.07) is 0.764. The second-order valence-electron chi connectivity index (χ2n) is 3.96. The fraction of sp³-hybridized carbons (Fsp3) is 0.700. The normalized spacial score (nSPS) is 41.3. The molecule has 0 spiro atoms. The molecule has 1 aliphatic heterocycles. The van der Waals surface area contributed by atoms with Crippen LogP contribution in [0.25, 0.3) is 0 Å². The van der Waals surface area contributed by atoms with Gasteiger partial charge in [-0.05, 0) is 11.8 Å². The van der Waals surface area contributed by atoms with Gasteiger partial charge in [-0.15, -0.1) is 0 Å². The molecule has 1 saturated heterocycles. The van der Waals surface area contributed by atoms with Crippen LogP contribution in [0, 0.1) is 11.8 Å². The highest BCUT2D eigenvalue weighted by molar-refractivity contribution is 5.72.